The molecule has 0 bridgehead atoms. The number of carbonyl (C=O) groups is 2. The Balaban J connectivity index is 1.48. The monoisotopic (exact) mass is 400 g/mol. The molecular formula is C23H32N2O4. The molecule has 0 radical (unpaired) electrons. The number of hydrogen-bond donors (Lipinski definition) is 1. The number of rotatable bonds is 7. The summed E-state index contributed by atoms with van der Waals surface area (Å²) in [5.41, 5.74) is 1.74. The summed E-state index contributed by atoms with van der Waals surface area (Å²) in [7, 11) is 0. The summed E-state index contributed by atoms with van der Waals surface area (Å²) in [6, 6.07) is 5.73. The number of carboxylic acids is 1. The van der Waals surface area contributed by atoms with Crippen LogP contribution in [0, 0.1) is 17.3 Å². The van der Waals surface area contributed by atoms with Crippen LogP contribution in [0.25, 0.3) is 0 Å². The van der Waals surface area contributed by atoms with Gasteiger partial charge in [0, 0.05) is 50.0 Å². The fourth-order valence-electron chi connectivity index (χ4n) is 5.27. The van der Waals surface area contributed by atoms with Crippen molar-refractivity contribution in [1.29, 1.82) is 0 Å². The van der Waals surface area contributed by atoms with Crippen LogP contribution in [-0.2, 0) is 11.2 Å². The van der Waals surface area contributed by atoms with Crippen molar-refractivity contribution < 1.29 is 19.4 Å². The van der Waals surface area contributed by atoms with Gasteiger partial charge in [-0.15, -0.1) is 0 Å². The maximum Gasteiger partial charge on any atom is 0.303 e. The average molecular weight is 401 g/mol. The van der Waals surface area contributed by atoms with E-state index in [0.29, 0.717) is 31.4 Å². The van der Waals surface area contributed by atoms with Gasteiger partial charge in [0.2, 0.25) is 0 Å². The Morgan fingerprint density at radius 1 is 1.28 bits per heavy atom. The van der Waals surface area contributed by atoms with Gasteiger partial charge in [0.25, 0.3) is 5.91 Å². The summed E-state index contributed by atoms with van der Waals surface area (Å²) in [6.45, 7) is 9.47. The first-order chi connectivity index (χ1) is 13.9. The topological polar surface area (TPSA) is 70.1 Å². The number of ether oxygens (including phenoxy) is 1. The molecule has 0 aliphatic carbocycles. The molecule has 2 atom stereocenters. The normalized spacial score (nSPS) is 25.9. The minimum absolute atomic E-state index is 0.0672. The predicted octanol–water partition coefficient (Wildman–Crippen LogP) is 2.91. The molecule has 3 aliphatic rings. The third kappa shape index (κ3) is 4.13. The number of benzene rings is 1. The summed E-state index contributed by atoms with van der Waals surface area (Å²) in [5, 5.41) is 9.27. The van der Waals surface area contributed by atoms with Crippen LogP contribution in [0.3, 0.4) is 0 Å². The highest BCUT2D eigenvalue weighted by Crippen LogP contribution is 2.46. The van der Waals surface area contributed by atoms with Crippen molar-refractivity contribution >= 4 is 11.9 Å². The van der Waals surface area contributed by atoms with Crippen LogP contribution < -0.4 is 4.74 Å². The summed E-state index contributed by atoms with van der Waals surface area (Å²) < 4.78 is 5.56. The van der Waals surface area contributed by atoms with Crippen LogP contribution >= 0.6 is 0 Å². The van der Waals surface area contributed by atoms with Gasteiger partial charge >= 0.3 is 5.97 Å². The molecule has 2 saturated heterocycles. The highest BCUT2D eigenvalue weighted by atomic mass is 16.5. The lowest BCUT2D eigenvalue weighted by molar-refractivity contribution is -0.137. The standard InChI is InChI=1S/C23H32N2O4/c1-16(2)6-9-24-12-19-13-25(15-23(19,14-24)8-5-21(26)27)22(28)18-3-4-20-17(11-18)7-10-29-20/h3-4,11,16,19H,5-10,12-15H2,1-2H3,(H,26,27)/t19-,23+/m0/s1. The van der Waals surface area contributed by atoms with E-state index in [-0.39, 0.29) is 17.7 Å². The first-order valence-corrected chi connectivity index (χ1v) is 10.9. The summed E-state index contributed by atoms with van der Waals surface area (Å²) in [4.78, 5) is 28.9. The molecule has 4 rings (SSSR count). The van der Waals surface area contributed by atoms with E-state index in [1.165, 1.54) is 0 Å². The zero-order chi connectivity index (χ0) is 20.6. The van der Waals surface area contributed by atoms with Crippen molar-refractivity contribution in [2.75, 3.05) is 39.3 Å². The molecule has 0 saturated carbocycles. The molecule has 158 valence electrons. The Kier molecular flexibility index (Phi) is 5.56. The highest BCUT2D eigenvalue weighted by Gasteiger charge is 2.53. The highest BCUT2D eigenvalue weighted by molar-refractivity contribution is 5.95. The van der Waals surface area contributed by atoms with Gasteiger partial charge in [-0.05, 0) is 55.0 Å². The molecule has 1 N–H and O–H groups in total. The Morgan fingerprint density at radius 2 is 2.10 bits per heavy atom. The van der Waals surface area contributed by atoms with Gasteiger partial charge in [0.1, 0.15) is 5.75 Å². The Bertz CT molecular complexity index is 793. The average Bonchev–Trinajstić information content (AvgIpc) is 3.35. The number of nitrogens with zero attached hydrogens (tertiary/aromatic N) is 2. The van der Waals surface area contributed by atoms with Crippen LogP contribution in [-0.4, -0.2) is 66.1 Å². The molecule has 0 spiro atoms. The second kappa shape index (κ2) is 7.98. The number of fused-ring (bicyclic) bond motifs is 2. The van der Waals surface area contributed by atoms with E-state index in [2.05, 4.69) is 18.7 Å². The Morgan fingerprint density at radius 3 is 2.86 bits per heavy atom. The number of hydrogen-bond acceptors (Lipinski definition) is 4. The molecule has 29 heavy (non-hydrogen) atoms. The SMILES string of the molecule is CC(C)CCN1C[C@H]2CN(C(=O)c3ccc4c(c3)CCO4)C[C@@]2(CCC(=O)O)C1. The second-order valence-corrected chi connectivity index (χ2v) is 9.48. The van der Waals surface area contributed by atoms with Crippen molar-refractivity contribution in [3.63, 3.8) is 0 Å². The van der Waals surface area contributed by atoms with E-state index < -0.39 is 5.97 Å². The summed E-state index contributed by atoms with van der Waals surface area (Å²) >= 11 is 0. The van der Waals surface area contributed by atoms with Crippen LogP contribution in [0.1, 0.15) is 49.0 Å². The largest absolute Gasteiger partial charge is 0.493 e. The number of carbonyl (C=O) groups excluding carboxylic acids is 1. The third-order valence-electron chi connectivity index (χ3n) is 6.91. The molecule has 3 aliphatic heterocycles. The zero-order valence-electron chi connectivity index (χ0n) is 17.5. The van der Waals surface area contributed by atoms with Crippen molar-refractivity contribution in [2.45, 2.75) is 39.5 Å². The van der Waals surface area contributed by atoms with Crippen LogP contribution in [0.4, 0.5) is 0 Å². The summed E-state index contributed by atoms with van der Waals surface area (Å²) in [5.74, 6) is 1.22. The Hall–Kier alpha value is -2.08. The minimum Gasteiger partial charge on any atom is -0.493 e. The lowest BCUT2D eigenvalue weighted by atomic mass is 9.77. The summed E-state index contributed by atoms with van der Waals surface area (Å²) in [6.07, 6.45) is 2.83. The third-order valence-corrected chi connectivity index (χ3v) is 6.91. The number of amides is 1. The lowest BCUT2D eigenvalue weighted by Gasteiger charge is -2.29. The van der Waals surface area contributed by atoms with E-state index in [4.69, 9.17) is 4.74 Å². The van der Waals surface area contributed by atoms with Gasteiger partial charge < -0.3 is 19.6 Å². The number of carboxylic acid groups (broad SMARTS) is 1. The van der Waals surface area contributed by atoms with Gasteiger partial charge in [-0.1, -0.05) is 13.8 Å². The van der Waals surface area contributed by atoms with Gasteiger partial charge in [-0.3, -0.25) is 9.59 Å². The van der Waals surface area contributed by atoms with Crippen LogP contribution in [0.5, 0.6) is 5.75 Å². The lowest BCUT2D eigenvalue weighted by Crippen LogP contribution is -2.37. The maximum atomic E-state index is 13.2. The molecule has 6 heteroatoms. The molecule has 0 aromatic heterocycles. The first-order valence-electron chi connectivity index (χ1n) is 10.9. The van der Waals surface area contributed by atoms with E-state index in [1.807, 2.05) is 23.1 Å². The van der Waals surface area contributed by atoms with Gasteiger partial charge in [-0.2, -0.15) is 0 Å². The number of likely N-dealkylation sites (tertiary alicyclic amines) is 2. The van der Waals surface area contributed by atoms with Crippen molar-refractivity contribution in [3.8, 4) is 5.75 Å². The first kappa shape index (κ1) is 20.2. The van der Waals surface area contributed by atoms with Crippen molar-refractivity contribution in [1.82, 2.24) is 9.80 Å². The van der Waals surface area contributed by atoms with E-state index in [9.17, 15) is 14.7 Å². The van der Waals surface area contributed by atoms with Crippen molar-refractivity contribution in [2.24, 2.45) is 17.3 Å². The molecule has 6 nitrogen and oxygen atoms in total. The van der Waals surface area contributed by atoms with Crippen LogP contribution in [0.2, 0.25) is 0 Å². The van der Waals surface area contributed by atoms with Gasteiger partial charge in [0.05, 0.1) is 6.61 Å². The number of aliphatic carboxylic acids is 1. The molecular weight excluding hydrogens is 368 g/mol. The van der Waals surface area contributed by atoms with E-state index in [0.717, 1.165) is 55.9 Å². The Labute approximate surface area is 172 Å². The van der Waals surface area contributed by atoms with Crippen molar-refractivity contribution in [3.05, 3.63) is 29.3 Å². The molecule has 1 amide bonds. The molecule has 0 unspecified atom stereocenters. The molecule has 1 aromatic carbocycles. The molecule has 1 aromatic rings. The van der Waals surface area contributed by atoms with E-state index in [1.54, 1.807) is 0 Å². The maximum absolute atomic E-state index is 13.2. The minimum atomic E-state index is -0.748. The molecule has 3 heterocycles. The van der Waals surface area contributed by atoms with Crippen LogP contribution in [0.15, 0.2) is 18.2 Å². The fraction of sp³-hybridized carbons (Fsp3) is 0.652. The second-order valence-electron chi connectivity index (χ2n) is 9.48. The molecule has 2 fully saturated rings. The van der Waals surface area contributed by atoms with Gasteiger partial charge in [0.15, 0.2) is 0 Å². The zero-order valence-corrected chi connectivity index (χ0v) is 17.5. The van der Waals surface area contributed by atoms with Gasteiger partial charge in [-0.25, -0.2) is 0 Å². The quantitative estimate of drug-likeness (QED) is 0.762. The fourth-order valence-corrected chi connectivity index (χ4v) is 5.27. The van der Waals surface area contributed by atoms with E-state index >= 15 is 0 Å². The predicted molar refractivity (Wildman–Crippen MR) is 110 cm³/mol. The smallest absolute Gasteiger partial charge is 0.303 e.